The quantitative estimate of drug-likeness (QED) is 0.824. The first-order valence-electron chi connectivity index (χ1n) is 8.12. The molecule has 5 rings (SSSR count). The second-order valence-electron chi connectivity index (χ2n) is 6.83. The summed E-state index contributed by atoms with van der Waals surface area (Å²) in [6, 6.07) is 1.25. The Morgan fingerprint density at radius 3 is 2.88 bits per heavy atom. The van der Waals surface area contributed by atoms with Crippen molar-refractivity contribution in [3.8, 4) is 0 Å². The molecule has 3 fully saturated rings. The molecule has 4 nitrogen and oxygen atoms in total. The van der Waals surface area contributed by atoms with Gasteiger partial charge in [0.25, 0.3) is 5.92 Å². The third-order valence-electron chi connectivity index (χ3n) is 5.07. The maximum Gasteiger partial charge on any atom is 0.272 e. The molecule has 0 amide bonds. The van der Waals surface area contributed by atoms with Gasteiger partial charge in [-0.05, 0) is 36.9 Å². The summed E-state index contributed by atoms with van der Waals surface area (Å²) < 4.78 is 51.2. The number of nitrogens with one attached hydrogen (secondary N) is 1. The number of amidine groups is 1. The Balaban J connectivity index is 1.63. The lowest BCUT2D eigenvalue weighted by molar-refractivity contribution is -0.0243. The van der Waals surface area contributed by atoms with Crippen LogP contribution < -0.4 is 9.62 Å². The van der Waals surface area contributed by atoms with E-state index < -0.39 is 23.8 Å². The zero-order valence-electron chi connectivity index (χ0n) is 12.8. The van der Waals surface area contributed by atoms with Crippen LogP contribution in [0.25, 0.3) is 0 Å². The second kappa shape index (κ2) is 5.05. The van der Waals surface area contributed by atoms with Crippen molar-refractivity contribution in [3.63, 3.8) is 0 Å². The highest BCUT2D eigenvalue weighted by Gasteiger charge is 2.57. The monoisotopic (exact) mass is 355 g/mol. The van der Waals surface area contributed by atoms with Crippen LogP contribution in [0.2, 0.25) is 0 Å². The Morgan fingerprint density at radius 1 is 1.29 bits per heavy atom. The highest BCUT2D eigenvalue weighted by Crippen LogP contribution is 2.50. The molecule has 128 valence electrons. The molecule has 0 aromatic heterocycles. The van der Waals surface area contributed by atoms with E-state index in [1.165, 1.54) is 24.1 Å². The van der Waals surface area contributed by atoms with E-state index in [1.807, 2.05) is 0 Å². The van der Waals surface area contributed by atoms with Gasteiger partial charge < -0.3 is 14.4 Å². The molecular weight excluding hydrogens is 339 g/mol. The van der Waals surface area contributed by atoms with Gasteiger partial charge in [-0.25, -0.2) is 18.2 Å². The van der Waals surface area contributed by atoms with Crippen LogP contribution in [0.1, 0.15) is 19.3 Å². The Kier molecular flexibility index (Phi) is 3.13. The Morgan fingerprint density at radius 2 is 2.12 bits per heavy atom. The van der Waals surface area contributed by atoms with E-state index in [-0.39, 0.29) is 19.6 Å². The highest BCUT2D eigenvalue weighted by molar-refractivity contribution is 7.98. The van der Waals surface area contributed by atoms with Crippen molar-refractivity contribution in [1.29, 1.82) is 0 Å². The van der Waals surface area contributed by atoms with Crippen LogP contribution in [0.4, 0.5) is 24.5 Å². The van der Waals surface area contributed by atoms with Crippen molar-refractivity contribution < 1.29 is 17.9 Å². The molecule has 2 saturated heterocycles. The average Bonchev–Trinajstić information content (AvgIpc) is 3.36. The second-order valence-corrected chi connectivity index (χ2v) is 7.67. The Labute approximate surface area is 141 Å². The van der Waals surface area contributed by atoms with Gasteiger partial charge in [-0.2, -0.15) is 0 Å². The summed E-state index contributed by atoms with van der Waals surface area (Å²) >= 11 is 1.31. The third kappa shape index (κ3) is 2.23. The van der Waals surface area contributed by atoms with E-state index >= 15 is 0 Å². The number of morpholine rings is 1. The molecule has 0 spiro atoms. The lowest BCUT2D eigenvalue weighted by Gasteiger charge is -2.38. The van der Waals surface area contributed by atoms with Crippen LogP contribution in [0.15, 0.2) is 22.0 Å². The predicted octanol–water partition coefficient (Wildman–Crippen LogP) is 3.49. The minimum absolute atomic E-state index is 0.0423. The van der Waals surface area contributed by atoms with Crippen molar-refractivity contribution in [3.05, 3.63) is 17.9 Å². The molecule has 3 aliphatic heterocycles. The van der Waals surface area contributed by atoms with Gasteiger partial charge in [0.05, 0.1) is 29.8 Å². The van der Waals surface area contributed by atoms with Crippen molar-refractivity contribution in [2.24, 2.45) is 10.9 Å². The molecule has 0 radical (unpaired) electrons. The summed E-state index contributed by atoms with van der Waals surface area (Å²) in [5.74, 6) is -1.99. The van der Waals surface area contributed by atoms with Gasteiger partial charge in [-0.15, -0.1) is 0 Å². The van der Waals surface area contributed by atoms with Crippen LogP contribution in [-0.2, 0) is 4.74 Å². The number of ether oxygens (including phenoxy) is 1. The Bertz CT molecular complexity index is 738. The van der Waals surface area contributed by atoms with Crippen molar-refractivity contribution in [1.82, 2.24) is 4.72 Å². The SMILES string of the molecule is Fc1cc2c(c(N3C4COCC3C(F)(F)C4)c1)N=C(C1CC1)NS2. The third-order valence-corrected chi connectivity index (χ3v) is 5.91. The number of nitrogens with zero attached hydrogens (tertiary/aromatic N) is 2. The molecule has 8 heteroatoms. The lowest BCUT2D eigenvalue weighted by Crippen LogP contribution is -2.49. The number of halogens is 3. The highest BCUT2D eigenvalue weighted by atomic mass is 32.2. The minimum Gasteiger partial charge on any atom is -0.377 e. The van der Waals surface area contributed by atoms with E-state index in [4.69, 9.17) is 4.74 Å². The number of hydrogen-bond donors (Lipinski definition) is 1. The standard InChI is InChI=1S/C16H16F3N3OS/c17-9-3-11(22-10-5-16(18,19)13(22)7-23-6-10)14-12(4-9)24-21-15(20-14)8-1-2-8/h3-4,8,10,13H,1-2,5-7H2,(H,20,21). The Hall–Kier alpha value is -1.41. The van der Waals surface area contributed by atoms with E-state index in [0.29, 0.717) is 22.2 Å². The first kappa shape index (κ1) is 14.9. The maximum absolute atomic E-state index is 14.3. The van der Waals surface area contributed by atoms with Crippen LogP contribution in [0.3, 0.4) is 0 Å². The van der Waals surface area contributed by atoms with Crippen molar-refractivity contribution >= 4 is 29.2 Å². The summed E-state index contributed by atoms with van der Waals surface area (Å²) in [4.78, 5) is 6.95. The fraction of sp³-hybridized carbons (Fsp3) is 0.562. The fourth-order valence-corrected chi connectivity index (χ4v) is 4.60. The molecule has 1 aromatic rings. The van der Waals surface area contributed by atoms with E-state index in [1.54, 1.807) is 4.90 Å². The number of rotatable bonds is 2. The first-order chi connectivity index (χ1) is 11.5. The summed E-state index contributed by atoms with van der Waals surface area (Å²) in [6.07, 6.45) is 1.91. The molecule has 2 bridgehead atoms. The summed E-state index contributed by atoms with van der Waals surface area (Å²) in [7, 11) is 0. The van der Waals surface area contributed by atoms with Gasteiger partial charge in [0.2, 0.25) is 0 Å². The smallest absolute Gasteiger partial charge is 0.272 e. The molecule has 4 aliphatic rings. The van der Waals surface area contributed by atoms with Crippen LogP contribution in [-0.4, -0.2) is 37.1 Å². The fourth-order valence-electron chi connectivity index (χ4n) is 3.76. The number of benzene rings is 1. The first-order valence-corrected chi connectivity index (χ1v) is 8.93. The summed E-state index contributed by atoms with van der Waals surface area (Å²) in [6.45, 7) is 0.196. The molecule has 24 heavy (non-hydrogen) atoms. The molecule has 1 aromatic carbocycles. The molecule has 1 saturated carbocycles. The number of fused-ring (bicyclic) bond motifs is 3. The predicted molar refractivity (Wildman–Crippen MR) is 85.6 cm³/mol. The summed E-state index contributed by atoms with van der Waals surface area (Å²) in [5, 5.41) is 0. The largest absolute Gasteiger partial charge is 0.377 e. The van der Waals surface area contributed by atoms with Gasteiger partial charge in [0.15, 0.2) is 0 Å². The molecule has 2 atom stereocenters. The molecule has 1 aliphatic carbocycles. The van der Waals surface area contributed by atoms with Crippen LogP contribution >= 0.6 is 11.9 Å². The topological polar surface area (TPSA) is 36.9 Å². The zero-order valence-corrected chi connectivity index (χ0v) is 13.6. The van der Waals surface area contributed by atoms with Crippen LogP contribution in [0, 0.1) is 11.7 Å². The average molecular weight is 355 g/mol. The van der Waals surface area contributed by atoms with Gasteiger partial charge in [0.1, 0.15) is 23.4 Å². The van der Waals surface area contributed by atoms with Gasteiger partial charge >= 0.3 is 0 Å². The number of anilines is 1. The molecule has 3 heterocycles. The van der Waals surface area contributed by atoms with Gasteiger partial charge in [-0.3, -0.25) is 0 Å². The number of hydrogen-bond acceptors (Lipinski definition) is 5. The molecular formula is C16H16F3N3OS. The van der Waals surface area contributed by atoms with Gasteiger partial charge in [0, 0.05) is 12.3 Å². The maximum atomic E-state index is 14.3. The zero-order chi connectivity index (χ0) is 16.5. The number of alkyl halides is 2. The molecule has 1 N–H and O–H groups in total. The van der Waals surface area contributed by atoms with Crippen molar-refractivity contribution in [2.75, 3.05) is 18.1 Å². The molecule has 2 unspecified atom stereocenters. The summed E-state index contributed by atoms with van der Waals surface area (Å²) in [5.41, 5.74) is 1.07. The van der Waals surface area contributed by atoms with E-state index in [9.17, 15) is 13.2 Å². The number of aliphatic imine (C=N–C) groups is 1. The normalized spacial score (nSPS) is 30.6. The van der Waals surface area contributed by atoms with E-state index in [2.05, 4.69) is 9.71 Å². The minimum atomic E-state index is -2.83. The lowest BCUT2D eigenvalue weighted by atomic mass is 10.1. The van der Waals surface area contributed by atoms with Crippen molar-refractivity contribution in [2.45, 2.75) is 42.2 Å². The van der Waals surface area contributed by atoms with E-state index in [0.717, 1.165) is 18.7 Å². The van der Waals surface area contributed by atoms with Crippen LogP contribution in [0.5, 0.6) is 0 Å². The van der Waals surface area contributed by atoms with Gasteiger partial charge in [-0.1, -0.05) is 0 Å².